The summed E-state index contributed by atoms with van der Waals surface area (Å²) >= 11 is 11.7. The predicted molar refractivity (Wildman–Crippen MR) is 116 cm³/mol. The summed E-state index contributed by atoms with van der Waals surface area (Å²) in [7, 11) is 4.01. The summed E-state index contributed by atoms with van der Waals surface area (Å²) in [6, 6.07) is 8.57. The Balaban J connectivity index is 2.42. The lowest BCUT2D eigenvalue weighted by Crippen LogP contribution is -2.36. The van der Waals surface area contributed by atoms with Crippen LogP contribution in [0.2, 0.25) is 0 Å². The van der Waals surface area contributed by atoms with Crippen LogP contribution in [0.1, 0.15) is 18.4 Å². The monoisotopic (exact) mass is 417 g/mol. The van der Waals surface area contributed by atoms with Gasteiger partial charge in [-0.2, -0.15) is 0 Å². The van der Waals surface area contributed by atoms with Crippen molar-refractivity contribution < 1.29 is 9.90 Å². The van der Waals surface area contributed by atoms with Crippen molar-refractivity contribution in [1.82, 2.24) is 9.80 Å². The maximum absolute atomic E-state index is 11.0. The molecule has 154 valence electrons. The number of hydrogen-bond acceptors (Lipinski definition) is 4. The molecule has 0 aliphatic rings. The third-order valence-electron chi connectivity index (χ3n) is 4.42. The SMILES string of the molecule is CN(C)CCN(CCCCc1ccc(N(CCCl)CCCl)cc1)CC(=O)O. The molecule has 0 saturated carbocycles. The highest BCUT2D eigenvalue weighted by Crippen LogP contribution is 2.17. The summed E-state index contributed by atoms with van der Waals surface area (Å²) in [5.74, 6) is 0.404. The number of carbonyl (C=O) groups is 1. The number of halogens is 2. The van der Waals surface area contributed by atoms with Gasteiger partial charge < -0.3 is 14.9 Å². The van der Waals surface area contributed by atoms with E-state index in [1.54, 1.807) is 0 Å². The fraction of sp³-hybridized carbons (Fsp3) is 0.650. The fourth-order valence-electron chi connectivity index (χ4n) is 2.91. The molecule has 1 aromatic rings. The van der Waals surface area contributed by atoms with Crippen molar-refractivity contribution >= 4 is 34.9 Å². The molecule has 0 radical (unpaired) electrons. The lowest BCUT2D eigenvalue weighted by atomic mass is 10.1. The standard InChI is InChI=1S/C20H33Cl2N3O2/c1-23(2)15-16-24(17-20(26)27)12-4-3-5-18-6-8-19(9-7-18)25(13-10-21)14-11-22/h6-9H,3-5,10-17H2,1-2H3,(H,26,27). The number of unbranched alkanes of at least 4 members (excludes halogenated alkanes) is 1. The average Bonchev–Trinajstić information content (AvgIpc) is 2.63. The molecule has 0 aromatic heterocycles. The minimum atomic E-state index is -0.761. The summed E-state index contributed by atoms with van der Waals surface area (Å²) in [5, 5.41) is 9.06. The molecular formula is C20H33Cl2N3O2. The number of nitrogens with zero attached hydrogens (tertiary/aromatic N) is 3. The van der Waals surface area contributed by atoms with Crippen LogP contribution < -0.4 is 4.90 Å². The van der Waals surface area contributed by atoms with E-state index in [2.05, 4.69) is 34.1 Å². The molecule has 0 bridgehead atoms. The summed E-state index contributed by atoms with van der Waals surface area (Å²) in [6.07, 6.45) is 3.04. The third-order valence-corrected chi connectivity index (χ3v) is 4.76. The number of aliphatic carboxylic acids is 1. The molecule has 0 unspecified atom stereocenters. The van der Waals surface area contributed by atoms with Crippen LogP contribution in [-0.4, -0.2) is 86.0 Å². The zero-order valence-electron chi connectivity index (χ0n) is 16.5. The highest BCUT2D eigenvalue weighted by molar-refractivity contribution is 6.18. The molecular weight excluding hydrogens is 385 g/mol. The smallest absolute Gasteiger partial charge is 0.317 e. The van der Waals surface area contributed by atoms with Gasteiger partial charge in [-0.05, 0) is 57.6 Å². The first-order chi connectivity index (χ1) is 13.0. The van der Waals surface area contributed by atoms with Crippen molar-refractivity contribution in [2.75, 3.05) is 70.0 Å². The number of aryl methyl sites for hydroxylation is 1. The molecule has 0 atom stereocenters. The third kappa shape index (κ3) is 10.8. The van der Waals surface area contributed by atoms with Gasteiger partial charge in [-0.25, -0.2) is 0 Å². The minimum Gasteiger partial charge on any atom is -0.480 e. The van der Waals surface area contributed by atoms with Crippen LogP contribution in [0.3, 0.4) is 0 Å². The topological polar surface area (TPSA) is 47.0 Å². The fourth-order valence-corrected chi connectivity index (χ4v) is 3.32. The molecule has 0 amide bonds. The van der Waals surface area contributed by atoms with Gasteiger partial charge in [-0.3, -0.25) is 9.69 Å². The van der Waals surface area contributed by atoms with Gasteiger partial charge in [0.05, 0.1) is 6.54 Å². The molecule has 0 spiro atoms. The molecule has 0 aliphatic carbocycles. The number of hydrogen-bond donors (Lipinski definition) is 1. The second-order valence-electron chi connectivity index (χ2n) is 6.96. The first-order valence-corrected chi connectivity index (χ1v) is 10.6. The van der Waals surface area contributed by atoms with Crippen molar-refractivity contribution in [3.63, 3.8) is 0 Å². The number of carboxylic acid groups (broad SMARTS) is 1. The van der Waals surface area contributed by atoms with Crippen LogP contribution in [0.5, 0.6) is 0 Å². The summed E-state index contributed by atoms with van der Waals surface area (Å²) in [4.78, 5) is 17.3. The Morgan fingerprint density at radius 3 is 2.07 bits per heavy atom. The Morgan fingerprint density at radius 1 is 0.926 bits per heavy atom. The van der Waals surface area contributed by atoms with E-state index in [1.807, 2.05) is 19.0 Å². The molecule has 0 heterocycles. The highest BCUT2D eigenvalue weighted by atomic mass is 35.5. The Morgan fingerprint density at radius 2 is 1.56 bits per heavy atom. The Hall–Kier alpha value is -1.01. The number of carboxylic acids is 1. The van der Waals surface area contributed by atoms with Crippen molar-refractivity contribution in [1.29, 1.82) is 0 Å². The highest BCUT2D eigenvalue weighted by Gasteiger charge is 2.10. The van der Waals surface area contributed by atoms with Crippen LogP contribution in [0.4, 0.5) is 5.69 Å². The van der Waals surface area contributed by atoms with Crippen molar-refractivity contribution in [3.05, 3.63) is 29.8 Å². The molecule has 0 saturated heterocycles. The van der Waals surface area contributed by atoms with E-state index in [-0.39, 0.29) is 6.54 Å². The number of alkyl halides is 2. The van der Waals surface area contributed by atoms with E-state index >= 15 is 0 Å². The van der Waals surface area contributed by atoms with E-state index < -0.39 is 5.97 Å². The van der Waals surface area contributed by atoms with E-state index in [4.69, 9.17) is 28.3 Å². The average molecular weight is 418 g/mol. The Kier molecular flexibility index (Phi) is 12.5. The van der Waals surface area contributed by atoms with Gasteiger partial charge >= 0.3 is 5.97 Å². The van der Waals surface area contributed by atoms with E-state index in [9.17, 15) is 4.79 Å². The van der Waals surface area contributed by atoms with Gasteiger partial charge in [-0.15, -0.1) is 23.2 Å². The van der Waals surface area contributed by atoms with Crippen molar-refractivity contribution in [2.45, 2.75) is 19.3 Å². The Labute approximate surface area is 173 Å². The number of benzene rings is 1. The van der Waals surface area contributed by atoms with E-state index in [0.717, 1.165) is 57.7 Å². The van der Waals surface area contributed by atoms with E-state index in [1.165, 1.54) is 5.56 Å². The lowest BCUT2D eigenvalue weighted by molar-refractivity contribution is -0.138. The van der Waals surface area contributed by atoms with E-state index in [0.29, 0.717) is 11.8 Å². The van der Waals surface area contributed by atoms with Crippen LogP contribution >= 0.6 is 23.2 Å². The largest absolute Gasteiger partial charge is 0.480 e. The Bertz CT molecular complexity index is 520. The molecule has 5 nitrogen and oxygen atoms in total. The second kappa shape index (κ2) is 14.1. The second-order valence-corrected chi connectivity index (χ2v) is 7.72. The summed E-state index contributed by atoms with van der Waals surface area (Å²) in [5.41, 5.74) is 2.45. The molecule has 7 heteroatoms. The number of anilines is 1. The first kappa shape index (κ1) is 24.0. The summed E-state index contributed by atoms with van der Waals surface area (Å²) < 4.78 is 0. The van der Waals surface area contributed by atoms with Crippen molar-refractivity contribution in [2.24, 2.45) is 0 Å². The zero-order valence-corrected chi connectivity index (χ0v) is 18.1. The van der Waals surface area contributed by atoms with Gasteiger partial charge in [0.1, 0.15) is 0 Å². The summed E-state index contributed by atoms with van der Waals surface area (Å²) in [6.45, 7) is 4.16. The molecule has 1 aromatic carbocycles. The van der Waals surface area contributed by atoms with Crippen LogP contribution in [-0.2, 0) is 11.2 Å². The van der Waals surface area contributed by atoms with Crippen LogP contribution in [0, 0.1) is 0 Å². The molecule has 27 heavy (non-hydrogen) atoms. The zero-order chi connectivity index (χ0) is 20.1. The quantitative estimate of drug-likeness (QED) is 0.350. The maximum Gasteiger partial charge on any atom is 0.317 e. The van der Waals surface area contributed by atoms with Gasteiger partial charge in [0, 0.05) is 43.6 Å². The predicted octanol–water partition coefficient (Wildman–Crippen LogP) is 3.24. The maximum atomic E-state index is 11.0. The van der Waals surface area contributed by atoms with Crippen molar-refractivity contribution in [3.8, 4) is 0 Å². The van der Waals surface area contributed by atoms with Crippen LogP contribution in [0.15, 0.2) is 24.3 Å². The molecule has 0 fully saturated rings. The van der Waals surface area contributed by atoms with Gasteiger partial charge in [0.25, 0.3) is 0 Å². The van der Waals surface area contributed by atoms with Gasteiger partial charge in [-0.1, -0.05) is 12.1 Å². The first-order valence-electron chi connectivity index (χ1n) is 9.51. The molecule has 1 N–H and O–H groups in total. The lowest BCUT2D eigenvalue weighted by Gasteiger charge is -2.23. The molecule has 0 aliphatic heterocycles. The molecule has 1 rings (SSSR count). The van der Waals surface area contributed by atoms with Crippen LogP contribution in [0.25, 0.3) is 0 Å². The van der Waals surface area contributed by atoms with Gasteiger partial charge in [0.15, 0.2) is 0 Å². The minimum absolute atomic E-state index is 0.111. The number of likely N-dealkylation sites (N-methyl/N-ethyl adjacent to an activating group) is 1. The normalized spacial score (nSPS) is 11.3. The number of rotatable bonds is 15. The van der Waals surface area contributed by atoms with Gasteiger partial charge in [0.2, 0.25) is 0 Å².